The zero-order valence-corrected chi connectivity index (χ0v) is 13.6. The number of aromatic amines is 1. The van der Waals surface area contributed by atoms with Crippen LogP contribution in [0.3, 0.4) is 0 Å². The van der Waals surface area contributed by atoms with Gasteiger partial charge in [0, 0.05) is 29.4 Å². The number of nitrogens with one attached hydrogen (secondary N) is 1. The Morgan fingerprint density at radius 1 is 1.00 bits per heavy atom. The molecule has 23 heavy (non-hydrogen) atoms. The molecule has 1 heterocycles. The summed E-state index contributed by atoms with van der Waals surface area (Å²) in [4.78, 5) is 14.8. The highest BCUT2D eigenvalue weighted by atomic mass is 16.5. The highest BCUT2D eigenvalue weighted by Crippen LogP contribution is 2.23. The van der Waals surface area contributed by atoms with E-state index in [2.05, 4.69) is 42.2 Å². The van der Waals surface area contributed by atoms with E-state index >= 15 is 0 Å². The fourth-order valence-corrected chi connectivity index (χ4v) is 2.65. The molecule has 3 nitrogen and oxygen atoms in total. The van der Waals surface area contributed by atoms with E-state index in [9.17, 15) is 4.79 Å². The summed E-state index contributed by atoms with van der Waals surface area (Å²) >= 11 is 0. The van der Waals surface area contributed by atoms with Crippen LogP contribution in [-0.4, -0.2) is 11.0 Å². The van der Waals surface area contributed by atoms with Gasteiger partial charge < -0.3 is 9.72 Å². The molecule has 0 fully saturated rings. The molecule has 0 aliphatic rings. The Morgan fingerprint density at radius 2 is 1.74 bits per heavy atom. The Labute approximate surface area is 136 Å². The lowest BCUT2D eigenvalue weighted by Crippen LogP contribution is -2.05. The maximum Gasteiger partial charge on any atom is 0.310 e. The van der Waals surface area contributed by atoms with Crippen molar-refractivity contribution in [2.24, 2.45) is 0 Å². The van der Waals surface area contributed by atoms with E-state index in [1.165, 1.54) is 11.1 Å². The van der Waals surface area contributed by atoms with Crippen LogP contribution in [0.15, 0.2) is 48.5 Å². The molecule has 1 aromatic heterocycles. The molecule has 0 bridgehead atoms. The van der Waals surface area contributed by atoms with Crippen LogP contribution in [0.2, 0.25) is 0 Å². The molecule has 0 aliphatic heterocycles. The van der Waals surface area contributed by atoms with Crippen molar-refractivity contribution in [3.8, 4) is 5.75 Å². The van der Waals surface area contributed by atoms with E-state index < -0.39 is 0 Å². The summed E-state index contributed by atoms with van der Waals surface area (Å²) in [5.41, 5.74) is 4.85. The molecule has 0 aliphatic carbocycles. The van der Waals surface area contributed by atoms with Crippen LogP contribution in [0, 0.1) is 0 Å². The molecule has 1 N–H and O–H groups in total. The van der Waals surface area contributed by atoms with Crippen LogP contribution >= 0.6 is 0 Å². The van der Waals surface area contributed by atoms with Crippen LogP contribution < -0.4 is 4.74 Å². The first-order valence-corrected chi connectivity index (χ1v) is 8.08. The molecule has 3 aromatic rings. The van der Waals surface area contributed by atoms with Crippen molar-refractivity contribution in [1.82, 2.24) is 4.98 Å². The van der Waals surface area contributed by atoms with Crippen LogP contribution in [0.25, 0.3) is 10.9 Å². The van der Waals surface area contributed by atoms with Gasteiger partial charge in [-0.2, -0.15) is 0 Å². The number of carbonyl (C=O) groups excluding carboxylic acids is 1. The molecule has 118 valence electrons. The highest BCUT2D eigenvalue weighted by Gasteiger charge is 2.06. The van der Waals surface area contributed by atoms with Gasteiger partial charge in [-0.15, -0.1) is 0 Å². The maximum absolute atomic E-state index is 11.4. The second-order valence-electron chi connectivity index (χ2n) is 5.72. The Morgan fingerprint density at radius 3 is 2.43 bits per heavy atom. The number of aromatic nitrogens is 1. The Kier molecular flexibility index (Phi) is 4.47. The van der Waals surface area contributed by atoms with E-state index in [4.69, 9.17) is 4.74 Å². The van der Waals surface area contributed by atoms with Crippen molar-refractivity contribution in [3.63, 3.8) is 0 Å². The summed E-state index contributed by atoms with van der Waals surface area (Å²) in [5, 5.41) is 1.06. The summed E-state index contributed by atoms with van der Waals surface area (Å²) in [5.74, 6) is 0.387. The smallest absolute Gasteiger partial charge is 0.310 e. The minimum atomic E-state index is -0.212. The number of esters is 1. The van der Waals surface area contributed by atoms with Gasteiger partial charge in [0.1, 0.15) is 5.75 Å². The zero-order valence-electron chi connectivity index (χ0n) is 13.6. The molecule has 0 amide bonds. The molecule has 0 spiro atoms. The van der Waals surface area contributed by atoms with E-state index in [1.807, 2.05) is 18.2 Å². The van der Waals surface area contributed by atoms with Crippen molar-refractivity contribution in [2.45, 2.75) is 33.1 Å². The molecule has 0 saturated carbocycles. The monoisotopic (exact) mass is 307 g/mol. The first-order valence-electron chi connectivity index (χ1n) is 8.08. The van der Waals surface area contributed by atoms with Crippen LogP contribution in [-0.2, 0) is 17.6 Å². The summed E-state index contributed by atoms with van der Waals surface area (Å²) in [7, 11) is 0. The normalized spacial score (nSPS) is 10.9. The highest BCUT2D eigenvalue weighted by molar-refractivity contribution is 5.83. The Bertz CT molecular complexity index is 815. The van der Waals surface area contributed by atoms with Gasteiger partial charge in [-0.05, 0) is 41.8 Å². The van der Waals surface area contributed by atoms with Crippen molar-refractivity contribution >= 4 is 16.9 Å². The molecule has 0 unspecified atom stereocenters. The third-order valence-electron chi connectivity index (χ3n) is 3.99. The van der Waals surface area contributed by atoms with Gasteiger partial charge in [0.15, 0.2) is 0 Å². The largest absolute Gasteiger partial charge is 0.427 e. The molecular weight excluding hydrogens is 286 g/mol. The minimum Gasteiger partial charge on any atom is -0.427 e. The molecule has 2 aromatic carbocycles. The quantitative estimate of drug-likeness (QED) is 0.551. The van der Waals surface area contributed by atoms with Gasteiger partial charge in [-0.3, -0.25) is 4.79 Å². The van der Waals surface area contributed by atoms with Gasteiger partial charge in [-0.1, -0.05) is 38.1 Å². The second kappa shape index (κ2) is 6.69. The third-order valence-corrected chi connectivity index (χ3v) is 3.99. The first kappa shape index (κ1) is 15.3. The number of aryl methyl sites for hydroxylation is 1. The first-order chi connectivity index (χ1) is 11.2. The van der Waals surface area contributed by atoms with Crippen LogP contribution in [0.1, 0.15) is 37.1 Å². The number of fused-ring (bicyclic) bond motifs is 1. The number of rotatable bonds is 5. The summed E-state index contributed by atoms with van der Waals surface area (Å²) in [6.07, 6.45) is 2.30. The Balaban J connectivity index is 1.80. The van der Waals surface area contributed by atoms with E-state index in [-0.39, 0.29) is 5.97 Å². The van der Waals surface area contributed by atoms with Crippen LogP contribution in [0.5, 0.6) is 5.75 Å². The zero-order chi connectivity index (χ0) is 16.2. The second-order valence-corrected chi connectivity index (χ2v) is 5.72. The third kappa shape index (κ3) is 3.62. The average Bonchev–Trinajstić information content (AvgIpc) is 2.97. The lowest BCUT2D eigenvalue weighted by molar-refractivity contribution is -0.134. The predicted octanol–water partition coefficient (Wildman–Crippen LogP) is 4.64. The van der Waals surface area contributed by atoms with E-state index in [1.54, 1.807) is 6.92 Å². The van der Waals surface area contributed by atoms with E-state index in [0.717, 1.165) is 29.4 Å². The predicted molar refractivity (Wildman–Crippen MR) is 92.9 cm³/mol. The number of ether oxygens (including phenoxy) is 1. The lowest BCUT2D eigenvalue weighted by atomic mass is 10.1. The molecule has 3 heteroatoms. The fraction of sp³-hybridized carbons (Fsp3) is 0.250. The molecule has 0 atom stereocenters. The lowest BCUT2D eigenvalue weighted by Gasteiger charge is -2.01. The van der Waals surface area contributed by atoms with E-state index in [0.29, 0.717) is 12.2 Å². The summed E-state index contributed by atoms with van der Waals surface area (Å²) < 4.78 is 5.27. The van der Waals surface area contributed by atoms with Gasteiger partial charge in [0.2, 0.25) is 0 Å². The number of hydrogen-bond acceptors (Lipinski definition) is 2. The fourth-order valence-electron chi connectivity index (χ4n) is 2.65. The maximum atomic E-state index is 11.4. The number of carbonyl (C=O) groups is 1. The summed E-state index contributed by atoms with van der Waals surface area (Å²) in [6.45, 7) is 3.95. The molecular formula is C20H21NO2. The van der Waals surface area contributed by atoms with Crippen molar-refractivity contribution < 1.29 is 9.53 Å². The average molecular weight is 307 g/mol. The topological polar surface area (TPSA) is 42.1 Å². The van der Waals surface area contributed by atoms with Crippen LogP contribution in [0.4, 0.5) is 0 Å². The summed E-state index contributed by atoms with van der Waals surface area (Å²) in [6, 6.07) is 16.5. The Hall–Kier alpha value is -2.55. The molecule has 3 rings (SSSR count). The molecule has 0 radical (unpaired) electrons. The number of hydrogen-bond donors (Lipinski definition) is 1. The van der Waals surface area contributed by atoms with Gasteiger partial charge in [-0.25, -0.2) is 0 Å². The van der Waals surface area contributed by atoms with Crippen molar-refractivity contribution in [3.05, 3.63) is 65.4 Å². The number of benzene rings is 2. The van der Waals surface area contributed by atoms with Gasteiger partial charge in [0.05, 0.1) is 0 Å². The van der Waals surface area contributed by atoms with Crippen molar-refractivity contribution in [2.75, 3.05) is 0 Å². The minimum absolute atomic E-state index is 0.212. The van der Waals surface area contributed by atoms with Gasteiger partial charge in [0.25, 0.3) is 0 Å². The van der Waals surface area contributed by atoms with Gasteiger partial charge >= 0.3 is 5.97 Å². The SMILES string of the molecule is CCC(=O)Oc1ccc2[nH]c(Cc3ccc(CC)cc3)cc2c1. The number of H-pyrrole nitrogens is 1. The standard InChI is InChI=1S/C20H21NO2/c1-3-14-5-7-15(8-6-14)11-17-12-16-13-18(23-20(22)4-2)9-10-19(16)21-17/h5-10,12-13,21H,3-4,11H2,1-2H3. The van der Waals surface area contributed by atoms with Crippen molar-refractivity contribution in [1.29, 1.82) is 0 Å². The molecule has 0 saturated heterocycles.